The van der Waals surface area contributed by atoms with Gasteiger partial charge in [0.1, 0.15) is 5.82 Å². The maximum atomic E-state index is 13.9. The zero-order chi connectivity index (χ0) is 12.6. The third-order valence-corrected chi connectivity index (χ3v) is 3.85. The molecular formula is C13H10Br2FN. The molecule has 0 bridgehead atoms. The molecule has 0 N–H and O–H groups in total. The van der Waals surface area contributed by atoms with Crippen LogP contribution in [0.3, 0.4) is 0 Å². The molecule has 1 aliphatic heterocycles. The van der Waals surface area contributed by atoms with Crippen molar-refractivity contribution in [3.63, 3.8) is 0 Å². The molecule has 1 aromatic rings. The topological polar surface area (TPSA) is 3.24 Å². The smallest absolute Gasteiger partial charge is 0.133 e. The van der Waals surface area contributed by atoms with E-state index in [0.29, 0.717) is 5.56 Å². The Morgan fingerprint density at radius 3 is 2.59 bits per heavy atom. The highest BCUT2D eigenvalue weighted by Crippen LogP contribution is 2.33. The Kier molecular flexibility index (Phi) is 3.54. The van der Waals surface area contributed by atoms with Crippen molar-refractivity contribution in [3.05, 3.63) is 63.0 Å². The predicted octanol–water partition coefficient (Wildman–Crippen LogP) is 4.67. The fourth-order valence-electron chi connectivity index (χ4n) is 1.63. The second kappa shape index (κ2) is 4.78. The quantitative estimate of drug-likeness (QED) is 0.705. The molecule has 1 aromatic carbocycles. The molecule has 0 radical (unpaired) electrons. The van der Waals surface area contributed by atoms with Crippen LogP contribution in [0.4, 0.5) is 4.39 Å². The Balaban J connectivity index is 2.51. The van der Waals surface area contributed by atoms with Gasteiger partial charge in [-0.3, -0.25) is 0 Å². The molecule has 0 spiro atoms. The van der Waals surface area contributed by atoms with Crippen LogP contribution in [-0.2, 0) is 0 Å². The van der Waals surface area contributed by atoms with Crippen LogP contribution in [-0.4, -0.2) is 11.9 Å². The van der Waals surface area contributed by atoms with Gasteiger partial charge in [0.15, 0.2) is 0 Å². The lowest BCUT2D eigenvalue weighted by atomic mass is 10.1. The lowest BCUT2D eigenvalue weighted by Gasteiger charge is -2.27. The minimum absolute atomic E-state index is 0.253. The molecule has 17 heavy (non-hydrogen) atoms. The summed E-state index contributed by atoms with van der Waals surface area (Å²) in [5, 5.41) is 0. The lowest BCUT2D eigenvalue weighted by Crippen LogP contribution is -2.18. The molecule has 1 aliphatic rings. The van der Waals surface area contributed by atoms with Gasteiger partial charge in [-0.25, -0.2) is 4.39 Å². The molecule has 2 rings (SSSR count). The van der Waals surface area contributed by atoms with E-state index >= 15 is 0 Å². The van der Waals surface area contributed by atoms with E-state index < -0.39 is 0 Å². The Bertz CT molecular complexity index is 546. The first kappa shape index (κ1) is 12.6. The first-order valence-electron chi connectivity index (χ1n) is 4.96. The Labute approximate surface area is 117 Å². The minimum Gasteiger partial charge on any atom is -0.344 e. The van der Waals surface area contributed by atoms with E-state index in [0.717, 1.165) is 20.3 Å². The molecule has 0 aliphatic carbocycles. The SMILES string of the molecule is C=C1C(Br)=CC=C(c2ccc(Br)cc2F)N1C. The Hall–Kier alpha value is -0.870. The number of allylic oxidation sites excluding steroid dienone is 3. The van der Waals surface area contributed by atoms with Crippen molar-refractivity contribution in [2.75, 3.05) is 7.05 Å². The summed E-state index contributed by atoms with van der Waals surface area (Å²) in [4.78, 5) is 1.86. The molecule has 0 saturated carbocycles. The number of likely N-dealkylation sites (N-methyl/N-ethyl adjacent to an activating group) is 1. The molecule has 0 aromatic heterocycles. The molecule has 0 fully saturated rings. The number of rotatable bonds is 1. The van der Waals surface area contributed by atoms with E-state index in [-0.39, 0.29) is 5.82 Å². The fourth-order valence-corrected chi connectivity index (χ4v) is 2.36. The molecule has 4 heteroatoms. The van der Waals surface area contributed by atoms with Crippen molar-refractivity contribution in [2.45, 2.75) is 0 Å². The standard InChI is InChI=1S/C13H10Br2FN/c1-8-11(15)5-6-13(17(8)2)10-4-3-9(14)7-12(10)16/h3-7H,1H2,2H3. The molecule has 1 heterocycles. The van der Waals surface area contributed by atoms with E-state index in [1.807, 2.05) is 30.2 Å². The predicted molar refractivity (Wildman–Crippen MR) is 76.0 cm³/mol. The normalized spacial score (nSPS) is 15.8. The third kappa shape index (κ3) is 2.38. The Morgan fingerprint density at radius 2 is 1.94 bits per heavy atom. The van der Waals surface area contributed by atoms with Crippen molar-refractivity contribution in [3.8, 4) is 0 Å². The second-order valence-electron chi connectivity index (χ2n) is 3.70. The van der Waals surface area contributed by atoms with E-state index in [2.05, 4.69) is 38.4 Å². The van der Waals surface area contributed by atoms with Gasteiger partial charge >= 0.3 is 0 Å². The van der Waals surface area contributed by atoms with Crippen LogP contribution in [0.5, 0.6) is 0 Å². The highest BCUT2D eigenvalue weighted by atomic mass is 79.9. The monoisotopic (exact) mass is 357 g/mol. The molecule has 0 amide bonds. The van der Waals surface area contributed by atoms with Crippen LogP contribution in [0, 0.1) is 5.82 Å². The highest BCUT2D eigenvalue weighted by Gasteiger charge is 2.18. The summed E-state index contributed by atoms with van der Waals surface area (Å²) < 4.78 is 15.5. The fraction of sp³-hybridized carbons (Fsp3) is 0.0769. The van der Waals surface area contributed by atoms with Gasteiger partial charge in [0, 0.05) is 27.3 Å². The molecule has 0 atom stereocenters. The summed E-state index contributed by atoms with van der Waals surface area (Å²) in [5.41, 5.74) is 2.17. The van der Waals surface area contributed by atoms with Crippen LogP contribution in [0.15, 0.2) is 51.6 Å². The third-order valence-electron chi connectivity index (χ3n) is 2.64. The molecule has 0 unspecified atom stereocenters. The zero-order valence-electron chi connectivity index (χ0n) is 9.17. The molecule has 0 saturated heterocycles. The van der Waals surface area contributed by atoms with Crippen LogP contribution in [0.25, 0.3) is 5.70 Å². The van der Waals surface area contributed by atoms with Crippen molar-refractivity contribution in [1.29, 1.82) is 0 Å². The van der Waals surface area contributed by atoms with Crippen molar-refractivity contribution in [1.82, 2.24) is 4.90 Å². The van der Waals surface area contributed by atoms with E-state index in [9.17, 15) is 4.39 Å². The average Bonchev–Trinajstić information content (AvgIpc) is 2.28. The maximum absolute atomic E-state index is 13.9. The number of benzene rings is 1. The highest BCUT2D eigenvalue weighted by molar-refractivity contribution is 9.12. The average molecular weight is 359 g/mol. The zero-order valence-corrected chi connectivity index (χ0v) is 12.3. The van der Waals surface area contributed by atoms with Crippen LogP contribution >= 0.6 is 31.9 Å². The van der Waals surface area contributed by atoms with E-state index in [1.165, 1.54) is 6.07 Å². The van der Waals surface area contributed by atoms with Crippen LogP contribution in [0.1, 0.15) is 5.56 Å². The van der Waals surface area contributed by atoms with E-state index in [1.54, 1.807) is 6.07 Å². The summed E-state index contributed by atoms with van der Waals surface area (Å²) in [5.74, 6) is -0.253. The van der Waals surface area contributed by atoms with Crippen LogP contribution < -0.4 is 0 Å². The summed E-state index contributed by atoms with van der Waals surface area (Å²) in [6, 6.07) is 5.03. The van der Waals surface area contributed by atoms with Gasteiger partial charge in [-0.15, -0.1) is 0 Å². The summed E-state index contributed by atoms with van der Waals surface area (Å²) in [6.07, 6.45) is 3.74. The number of halogens is 3. The molecule has 1 nitrogen and oxygen atoms in total. The maximum Gasteiger partial charge on any atom is 0.133 e. The minimum atomic E-state index is -0.253. The largest absolute Gasteiger partial charge is 0.344 e. The molecular weight excluding hydrogens is 349 g/mol. The summed E-state index contributed by atoms with van der Waals surface area (Å²) in [7, 11) is 1.86. The number of hydrogen-bond acceptors (Lipinski definition) is 1. The van der Waals surface area contributed by atoms with Crippen molar-refractivity contribution < 1.29 is 4.39 Å². The van der Waals surface area contributed by atoms with Gasteiger partial charge in [0.25, 0.3) is 0 Å². The first-order chi connectivity index (χ1) is 8.00. The van der Waals surface area contributed by atoms with Crippen LogP contribution in [0.2, 0.25) is 0 Å². The van der Waals surface area contributed by atoms with Gasteiger partial charge < -0.3 is 4.90 Å². The van der Waals surface area contributed by atoms with Crippen molar-refractivity contribution >= 4 is 37.6 Å². The summed E-state index contributed by atoms with van der Waals surface area (Å²) >= 11 is 6.65. The van der Waals surface area contributed by atoms with Gasteiger partial charge in [-0.1, -0.05) is 22.5 Å². The molecule has 88 valence electrons. The van der Waals surface area contributed by atoms with E-state index in [4.69, 9.17) is 0 Å². The van der Waals surface area contributed by atoms with Gasteiger partial charge in [-0.2, -0.15) is 0 Å². The lowest BCUT2D eigenvalue weighted by molar-refractivity contribution is 0.585. The summed E-state index contributed by atoms with van der Waals surface area (Å²) in [6.45, 7) is 3.94. The first-order valence-corrected chi connectivity index (χ1v) is 6.55. The van der Waals surface area contributed by atoms with Gasteiger partial charge in [-0.05, 0) is 46.3 Å². The number of nitrogens with zero attached hydrogens (tertiary/aromatic N) is 1. The van der Waals surface area contributed by atoms with Crippen molar-refractivity contribution in [2.24, 2.45) is 0 Å². The number of hydrogen-bond donors (Lipinski definition) is 0. The van der Waals surface area contributed by atoms with Gasteiger partial charge in [0.2, 0.25) is 0 Å². The second-order valence-corrected chi connectivity index (χ2v) is 5.47. The Morgan fingerprint density at radius 1 is 1.24 bits per heavy atom. The van der Waals surface area contributed by atoms with Gasteiger partial charge in [0.05, 0.1) is 5.70 Å².